The first-order chi connectivity index (χ1) is 19.3. The molecule has 0 radical (unpaired) electrons. The summed E-state index contributed by atoms with van der Waals surface area (Å²) in [5.74, 6) is -4.72. The summed E-state index contributed by atoms with van der Waals surface area (Å²) in [6.07, 6.45) is -3.16. The molecule has 0 amide bonds. The van der Waals surface area contributed by atoms with Crippen LogP contribution in [0.3, 0.4) is 0 Å². The molecule has 0 saturated heterocycles. The average molecular weight is 576 g/mol. The lowest BCUT2D eigenvalue weighted by molar-refractivity contribution is -0.141. The van der Waals surface area contributed by atoms with Crippen LogP contribution in [0, 0.1) is 17.5 Å². The minimum Gasteiger partial charge on any atom is -0.388 e. The summed E-state index contributed by atoms with van der Waals surface area (Å²) in [6.45, 7) is -0.212. The fourth-order valence-electron chi connectivity index (χ4n) is 4.61. The van der Waals surface area contributed by atoms with Gasteiger partial charge in [0, 0.05) is 36.4 Å². The maximum absolute atomic E-state index is 14.2. The number of hydrogen-bond acceptors (Lipinski definition) is 5. The Morgan fingerprint density at radius 2 is 1.73 bits per heavy atom. The molecule has 4 rings (SSSR count). The van der Waals surface area contributed by atoms with E-state index in [9.17, 15) is 41.0 Å². The Morgan fingerprint density at radius 3 is 2.37 bits per heavy atom. The van der Waals surface area contributed by atoms with Crippen molar-refractivity contribution in [2.45, 2.75) is 45.0 Å². The van der Waals surface area contributed by atoms with Gasteiger partial charge in [0.05, 0.1) is 17.8 Å². The van der Waals surface area contributed by atoms with Gasteiger partial charge in [0.1, 0.15) is 29.9 Å². The molecule has 1 N–H and O–H groups in total. The van der Waals surface area contributed by atoms with Gasteiger partial charge in [0.15, 0.2) is 17.3 Å². The molecular weight excluding hydrogens is 552 g/mol. The number of carbonyl (C=O) groups is 2. The Labute approximate surface area is 230 Å². The zero-order valence-corrected chi connectivity index (χ0v) is 21.6. The van der Waals surface area contributed by atoms with E-state index in [0.29, 0.717) is 23.4 Å². The summed E-state index contributed by atoms with van der Waals surface area (Å²) in [7, 11) is 0. The van der Waals surface area contributed by atoms with Gasteiger partial charge >= 0.3 is 6.18 Å². The zero-order chi connectivity index (χ0) is 29.9. The van der Waals surface area contributed by atoms with Crippen LogP contribution >= 0.6 is 0 Å². The SMILES string of the molecule is CC(=O)c1cc(-c2cccnc2[C@@H](CC(=O)Cn2cc(C(F)(F)F)nc2CO)Cc2cc(F)cc(F)c2)ccc1F. The number of alkyl halides is 3. The van der Waals surface area contributed by atoms with E-state index in [4.69, 9.17) is 0 Å². The van der Waals surface area contributed by atoms with Crippen LogP contribution in [0.1, 0.15) is 52.4 Å². The van der Waals surface area contributed by atoms with Crippen molar-refractivity contribution in [3.8, 4) is 11.1 Å². The van der Waals surface area contributed by atoms with E-state index >= 15 is 0 Å². The van der Waals surface area contributed by atoms with E-state index in [0.717, 1.165) is 22.8 Å². The molecule has 0 saturated carbocycles. The molecule has 0 spiro atoms. The number of aliphatic hydroxyl groups excluding tert-OH is 1. The highest BCUT2D eigenvalue weighted by molar-refractivity contribution is 5.95. The van der Waals surface area contributed by atoms with Crippen LogP contribution in [0.2, 0.25) is 0 Å². The molecule has 2 aromatic carbocycles. The third kappa shape index (κ3) is 7.07. The predicted molar refractivity (Wildman–Crippen MR) is 135 cm³/mol. The number of aromatic nitrogens is 3. The van der Waals surface area contributed by atoms with Gasteiger partial charge in [0.25, 0.3) is 0 Å². The van der Waals surface area contributed by atoms with Crippen LogP contribution in [-0.2, 0) is 30.5 Å². The quantitative estimate of drug-likeness (QED) is 0.184. The van der Waals surface area contributed by atoms with Gasteiger partial charge in [-0.15, -0.1) is 0 Å². The van der Waals surface area contributed by atoms with Crippen molar-refractivity contribution >= 4 is 11.6 Å². The molecule has 2 aromatic heterocycles. The van der Waals surface area contributed by atoms with Gasteiger partial charge in [-0.1, -0.05) is 12.1 Å². The summed E-state index contributed by atoms with van der Waals surface area (Å²) in [5, 5.41) is 9.47. The van der Waals surface area contributed by atoms with Gasteiger partial charge in [-0.25, -0.2) is 18.2 Å². The van der Waals surface area contributed by atoms with Crippen LogP contribution in [0.4, 0.5) is 26.3 Å². The summed E-state index contributed by atoms with van der Waals surface area (Å²) in [4.78, 5) is 32.9. The Bertz CT molecular complexity index is 1580. The number of nitrogens with zero attached hydrogens (tertiary/aromatic N) is 3. The maximum atomic E-state index is 14.2. The van der Waals surface area contributed by atoms with Gasteiger partial charge in [-0.05, 0) is 54.8 Å². The largest absolute Gasteiger partial charge is 0.434 e. The molecule has 4 aromatic rings. The predicted octanol–water partition coefficient (Wildman–Crippen LogP) is 6.06. The number of aliphatic hydroxyl groups is 1. The van der Waals surface area contributed by atoms with E-state index in [1.165, 1.54) is 25.3 Å². The Morgan fingerprint density at radius 1 is 1.02 bits per heavy atom. The van der Waals surface area contributed by atoms with Crippen molar-refractivity contribution in [2.24, 2.45) is 0 Å². The number of ketones is 2. The molecule has 6 nitrogen and oxygen atoms in total. The number of pyridine rings is 1. The van der Waals surface area contributed by atoms with E-state index in [-0.39, 0.29) is 35.5 Å². The smallest absolute Gasteiger partial charge is 0.388 e. The van der Waals surface area contributed by atoms with Crippen LogP contribution in [0.5, 0.6) is 0 Å². The summed E-state index contributed by atoms with van der Waals surface area (Å²) >= 11 is 0. The highest BCUT2D eigenvalue weighted by atomic mass is 19.4. The van der Waals surface area contributed by atoms with Crippen molar-refractivity contribution in [1.29, 1.82) is 0 Å². The summed E-state index contributed by atoms with van der Waals surface area (Å²) < 4.78 is 82.6. The highest BCUT2D eigenvalue weighted by Crippen LogP contribution is 2.34. The van der Waals surface area contributed by atoms with Crippen LogP contribution in [-0.4, -0.2) is 31.2 Å². The van der Waals surface area contributed by atoms with Crippen molar-refractivity contribution < 1.29 is 41.0 Å². The lowest BCUT2D eigenvalue weighted by Crippen LogP contribution is -2.18. The number of hydrogen-bond donors (Lipinski definition) is 1. The van der Waals surface area contributed by atoms with Crippen LogP contribution < -0.4 is 0 Å². The molecule has 0 unspecified atom stereocenters. The van der Waals surface area contributed by atoms with Crippen molar-refractivity contribution in [3.63, 3.8) is 0 Å². The zero-order valence-electron chi connectivity index (χ0n) is 21.6. The second-order valence-electron chi connectivity index (χ2n) is 9.43. The van der Waals surface area contributed by atoms with E-state index in [1.54, 1.807) is 12.1 Å². The number of benzene rings is 2. The average Bonchev–Trinajstić information content (AvgIpc) is 3.31. The Hall–Kier alpha value is -4.32. The molecule has 0 aliphatic heterocycles. The fraction of sp³-hybridized carbons (Fsp3) is 0.241. The molecule has 0 bridgehead atoms. The Balaban J connectivity index is 1.74. The van der Waals surface area contributed by atoms with Crippen molar-refractivity contribution in [1.82, 2.24) is 14.5 Å². The molecule has 0 aliphatic carbocycles. The number of halogens is 6. The molecule has 41 heavy (non-hydrogen) atoms. The number of rotatable bonds is 10. The third-order valence-corrected chi connectivity index (χ3v) is 6.40. The molecule has 2 heterocycles. The molecule has 12 heteroatoms. The number of Topliss-reactive ketones (excluding diaryl/α,β-unsaturated/α-hetero) is 2. The standard InChI is InChI=1S/C29H23F6N3O3/c1-16(40)24-11-18(4-5-25(24)32)23-3-2-6-36-28(23)19(7-17-8-20(30)12-21(31)9-17)10-22(41)13-38-14-26(29(33,34)35)37-27(38)15-39/h2-6,8-9,11-12,14,19,39H,7,10,13,15H2,1H3/t19-/m1/s1. The van der Waals surface area contributed by atoms with Crippen LogP contribution in [0.25, 0.3) is 11.1 Å². The first kappa shape index (κ1) is 29.7. The van der Waals surface area contributed by atoms with Gasteiger partial charge in [0.2, 0.25) is 0 Å². The van der Waals surface area contributed by atoms with Crippen molar-refractivity contribution in [2.75, 3.05) is 0 Å². The summed E-state index contributed by atoms with van der Waals surface area (Å²) in [6, 6.07) is 9.92. The first-order valence-corrected chi connectivity index (χ1v) is 12.3. The van der Waals surface area contributed by atoms with E-state index in [2.05, 4.69) is 9.97 Å². The number of imidazole rings is 1. The van der Waals surface area contributed by atoms with Crippen molar-refractivity contribution in [3.05, 3.63) is 107 Å². The van der Waals surface area contributed by atoms with Gasteiger partial charge in [-0.3, -0.25) is 14.6 Å². The second-order valence-corrected chi connectivity index (χ2v) is 9.43. The minimum atomic E-state index is -4.79. The van der Waals surface area contributed by atoms with E-state index in [1.807, 2.05) is 0 Å². The second kappa shape index (κ2) is 12.0. The lowest BCUT2D eigenvalue weighted by atomic mass is 9.86. The molecule has 0 aliphatic rings. The first-order valence-electron chi connectivity index (χ1n) is 12.3. The number of carbonyl (C=O) groups excluding carboxylic acids is 2. The minimum absolute atomic E-state index is 0.0875. The maximum Gasteiger partial charge on any atom is 0.434 e. The highest BCUT2D eigenvalue weighted by Gasteiger charge is 2.35. The Kier molecular flexibility index (Phi) is 8.72. The molecule has 1 atom stereocenters. The van der Waals surface area contributed by atoms with E-state index < -0.39 is 60.0 Å². The van der Waals surface area contributed by atoms with Gasteiger partial charge in [-0.2, -0.15) is 13.2 Å². The fourth-order valence-corrected chi connectivity index (χ4v) is 4.61. The summed E-state index contributed by atoms with van der Waals surface area (Å²) in [5.41, 5.74) is -0.147. The molecule has 0 fully saturated rings. The lowest BCUT2D eigenvalue weighted by Gasteiger charge is -2.20. The third-order valence-electron chi connectivity index (χ3n) is 6.40. The molecular formula is C29H23F6N3O3. The normalized spacial score (nSPS) is 12.4. The van der Waals surface area contributed by atoms with Gasteiger partial charge < -0.3 is 9.67 Å². The topological polar surface area (TPSA) is 85.1 Å². The molecule has 214 valence electrons. The van der Waals surface area contributed by atoms with Crippen LogP contribution in [0.15, 0.2) is 60.9 Å². The monoisotopic (exact) mass is 575 g/mol.